The molecule has 0 saturated heterocycles. The smallest absolute Gasteiger partial charge is 0.181 e. The molecule has 0 aliphatic rings. The molecule has 0 atom stereocenters. The first-order chi connectivity index (χ1) is 15.8. The number of benzene rings is 3. The molecule has 5 aromatic rings. The van der Waals surface area contributed by atoms with Crippen molar-refractivity contribution in [2.45, 2.75) is 26.3 Å². The SMILES string of the molecule is CCCn1nc(-c2ccccc2)nc1Cc1ccc(-c2ccccc2-c2nnn[nH]2)cc1. The van der Waals surface area contributed by atoms with Gasteiger partial charge in [0.15, 0.2) is 11.6 Å². The molecule has 0 spiro atoms. The average Bonchev–Trinajstić information content (AvgIpc) is 3.51. The number of H-pyrrole nitrogens is 1. The molecule has 0 bridgehead atoms. The van der Waals surface area contributed by atoms with Crippen LogP contribution in [0.15, 0.2) is 78.9 Å². The molecule has 32 heavy (non-hydrogen) atoms. The Morgan fingerprint density at radius 2 is 1.56 bits per heavy atom. The summed E-state index contributed by atoms with van der Waals surface area (Å²) >= 11 is 0. The molecule has 5 rings (SSSR count). The zero-order chi connectivity index (χ0) is 21.8. The van der Waals surface area contributed by atoms with Gasteiger partial charge in [0.2, 0.25) is 0 Å². The number of hydrogen-bond acceptors (Lipinski definition) is 5. The van der Waals surface area contributed by atoms with E-state index in [0.29, 0.717) is 5.82 Å². The van der Waals surface area contributed by atoms with Crippen LogP contribution in [-0.4, -0.2) is 35.4 Å². The topological polar surface area (TPSA) is 85.2 Å². The standard InChI is InChI=1S/C25H23N7/c1-2-16-32-23(26-24(29-32)20-8-4-3-5-9-20)17-18-12-14-19(15-13-18)21-10-6-7-11-22(21)25-27-30-31-28-25/h3-15H,2,16-17H2,1H3,(H,27,28,30,31). The monoisotopic (exact) mass is 421 g/mol. The fraction of sp³-hybridized carbons (Fsp3) is 0.160. The fourth-order valence-electron chi connectivity index (χ4n) is 3.80. The lowest BCUT2D eigenvalue weighted by atomic mass is 9.98. The molecule has 0 unspecified atom stereocenters. The number of hydrogen-bond donors (Lipinski definition) is 1. The molecular formula is C25H23N7. The second-order valence-corrected chi connectivity index (χ2v) is 7.61. The molecule has 7 nitrogen and oxygen atoms in total. The molecular weight excluding hydrogens is 398 g/mol. The second kappa shape index (κ2) is 8.93. The highest BCUT2D eigenvalue weighted by Gasteiger charge is 2.13. The van der Waals surface area contributed by atoms with Crippen LogP contribution in [0.5, 0.6) is 0 Å². The minimum atomic E-state index is 0.658. The minimum Gasteiger partial charge on any atom is -0.249 e. The largest absolute Gasteiger partial charge is 0.249 e. The van der Waals surface area contributed by atoms with E-state index in [-0.39, 0.29) is 0 Å². The maximum atomic E-state index is 4.85. The third-order valence-corrected chi connectivity index (χ3v) is 5.37. The van der Waals surface area contributed by atoms with Crippen molar-refractivity contribution in [3.8, 4) is 33.9 Å². The van der Waals surface area contributed by atoms with Crippen LogP contribution in [-0.2, 0) is 13.0 Å². The van der Waals surface area contributed by atoms with Gasteiger partial charge in [0.05, 0.1) is 0 Å². The number of aryl methyl sites for hydroxylation is 1. The molecule has 2 heterocycles. The van der Waals surface area contributed by atoms with E-state index in [1.807, 2.05) is 53.2 Å². The van der Waals surface area contributed by atoms with Gasteiger partial charge in [-0.1, -0.05) is 85.8 Å². The summed E-state index contributed by atoms with van der Waals surface area (Å²) in [7, 11) is 0. The Balaban J connectivity index is 1.42. The van der Waals surface area contributed by atoms with Crippen LogP contribution in [0, 0.1) is 0 Å². The number of rotatable bonds is 7. The normalized spacial score (nSPS) is 11.0. The molecule has 0 fully saturated rings. The minimum absolute atomic E-state index is 0.658. The average molecular weight is 422 g/mol. The third-order valence-electron chi connectivity index (χ3n) is 5.37. The van der Waals surface area contributed by atoms with Gasteiger partial charge in [0.25, 0.3) is 0 Å². The summed E-state index contributed by atoms with van der Waals surface area (Å²) in [5, 5.41) is 19.1. The first kappa shape index (κ1) is 19.8. The van der Waals surface area contributed by atoms with E-state index in [9.17, 15) is 0 Å². The maximum absolute atomic E-state index is 4.85. The Bertz CT molecular complexity index is 1290. The highest BCUT2D eigenvalue weighted by Crippen LogP contribution is 2.30. The van der Waals surface area contributed by atoms with Gasteiger partial charge >= 0.3 is 0 Å². The van der Waals surface area contributed by atoms with Crippen molar-refractivity contribution in [2.24, 2.45) is 0 Å². The maximum Gasteiger partial charge on any atom is 0.181 e. The third kappa shape index (κ3) is 4.05. The predicted molar refractivity (Wildman–Crippen MR) is 124 cm³/mol. The lowest BCUT2D eigenvalue weighted by molar-refractivity contribution is 0.577. The molecule has 0 aliphatic carbocycles. The lowest BCUT2D eigenvalue weighted by Crippen LogP contribution is -2.06. The summed E-state index contributed by atoms with van der Waals surface area (Å²) in [6.45, 7) is 3.01. The first-order valence-electron chi connectivity index (χ1n) is 10.7. The number of nitrogens with zero attached hydrogens (tertiary/aromatic N) is 6. The molecule has 0 radical (unpaired) electrons. The molecule has 0 amide bonds. The van der Waals surface area contributed by atoms with Gasteiger partial charge in [0, 0.05) is 24.1 Å². The van der Waals surface area contributed by atoms with Crippen LogP contribution in [0.4, 0.5) is 0 Å². The Kier molecular flexibility index (Phi) is 5.53. The second-order valence-electron chi connectivity index (χ2n) is 7.61. The van der Waals surface area contributed by atoms with Crippen molar-refractivity contribution in [3.05, 3.63) is 90.3 Å². The van der Waals surface area contributed by atoms with Crippen LogP contribution in [0.3, 0.4) is 0 Å². The highest BCUT2D eigenvalue weighted by molar-refractivity contribution is 5.80. The Hall–Kier alpha value is -4.13. The van der Waals surface area contributed by atoms with E-state index in [1.54, 1.807) is 0 Å². The molecule has 1 N–H and O–H groups in total. The summed E-state index contributed by atoms with van der Waals surface area (Å²) in [5.41, 5.74) is 5.40. The number of tetrazole rings is 1. The predicted octanol–water partition coefficient (Wildman–Crippen LogP) is 4.79. The van der Waals surface area contributed by atoms with E-state index < -0.39 is 0 Å². The van der Waals surface area contributed by atoms with Crippen LogP contribution in [0.1, 0.15) is 24.7 Å². The van der Waals surface area contributed by atoms with Gasteiger partial charge in [-0.25, -0.2) is 14.8 Å². The van der Waals surface area contributed by atoms with Gasteiger partial charge < -0.3 is 0 Å². The summed E-state index contributed by atoms with van der Waals surface area (Å²) in [4.78, 5) is 4.85. The van der Waals surface area contributed by atoms with E-state index in [0.717, 1.165) is 53.3 Å². The molecule has 2 aromatic heterocycles. The van der Waals surface area contributed by atoms with Crippen molar-refractivity contribution >= 4 is 0 Å². The summed E-state index contributed by atoms with van der Waals surface area (Å²) in [6.07, 6.45) is 1.74. The number of aromatic amines is 1. The van der Waals surface area contributed by atoms with E-state index in [4.69, 9.17) is 10.1 Å². The van der Waals surface area contributed by atoms with Gasteiger partial charge in [0.1, 0.15) is 5.82 Å². The quantitative estimate of drug-likeness (QED) is 0.408. The van der Waals surface area contributed by atoms with Crippen LogP contribution >= 0.6 is 0 Å². The summed E-state index contributed by atoms with van der Waals surface area (Å²) < 4.78 is 2.03. The molecule has 3 aromatic carbocycles. The van der Waals surface area contributed by atoms with E-state index in [1.165, 1.54) is 5.56 Å². The van der Waals surface area contributed by atoms with Crippen LogP contribution < -0.4 is 0 Å². The van der Waals surface area contributed by atoms with E-state index >= 15 is 0 Å². The van der Waals surface area contributed by atoms with Crippen molar-refractivity contribution in [1.29, 1.82) is 0 Å². The van der Waals surface area contributed by atoms with Crippen molar-refractivity contribution in [2.75, 3.05) is 0 Å². The molecule has 7 heteroatoms. The molecule has 0 aliphatic heterocycles. The van der Waals surface area contributed by atoms with Crippen LogP contribution in [0.2, 0.25) is 0 Å². The Morgan fingerprint density at radius 3 is 2.28 bits per heavy atom. The van der Waals surface area contributed by atoms with Crippen molar-refractivity contribution in [3.63, 3.8) is 0 Å². The highest BCUT2D eigenvalue weighted by atomic mass is 15.5. The van der Waals surface area contributed by atoms with Crippen LogP contribution in [0.25, 0.3) is 33.9 Å². The fourth-order valence-corrected chi connectivity index (χ4v) is 3.80. The number of nitrogens with one attached hydrogen (secondary N) is 1. The summed E-state index contributed by atoms with van der Waals surface area (Å²) in [6, 6.07) is 26.8. The zero-order valence-electron chi connectivity index (χ0n) is 17.8. The van der Waals surface area contributed by atoms with Gasteiger partial charge in [-0.15, -0.1) is 5.10 Å². The first-order valence-corrected chi connectivity index (χ1v) is 10.7. The number of aromatic nitrogens is 7. The van der Waals surface area contributed by atoms with Gasteiger partial charge in [-0.3, -0.25) is 0 Å². The van der Waals surface area contributed by atoms with E-state index in [2.05, 4.69) is 57.9 Å². The van der Waals surface area contributed by atoms with Gasteiger partial charge in [-0.2, -0.15) is 5.10 Å². The molecule has 158 valence electrons. The van der Waals surface area contributed by atoms with Crippen molar-refractivity contribution in [1.82, 2.24) is 35.4 Å². The van der Waals surface area contributed by atoms with Gasteiger partial charge in [-0.05, 0) is 33.5 Å². The molecule has 0 saturated carbocycles. The lowest BCUT2D eigenvalue weighted by Gasteiger charge is -2.09. The summed E-state index contributed by atoms with van der Waals surface area (Å²) in [5.74, 6) is 2.41. The Labute approximate surface area is 186 Å². The van der Waals surface area contributed by atoms with Crippen molar-refractivity contribution < 1.29 is 0 Å². The zero-order valence-corrected chi connectivity index (χ0v) is 17.8. The Morgan fingerprint density at radius 1 is 0.812 bits per heavy atom.